The van der Waals surface area contributed by atoms with Crippen molar-refractivity contribution in [3.05, 3.63) is 45.5 Å². The van der Waals surface area contributed by atoms with Crippen molar-refractivity contribution >= 4 is 28.8 Å². The Morgan fingerprint density at radius 1 is 1.47 bits per heavy atom. The first kappa shape index (κ1) is 10.3. The minimum absolute atomic E-state index is 0.0995. The Hall–Kier alpha value is -1.26. The second-order valence-electron chi connectivity index (χ2n) is 2.87. The van der Waals surface area contributed by atoms with E-state index in [2.05, 4.69) is 5.32 Å². The summed E-state index contributed by atoms with van der Waals surface area (Å²) < 4.78 is 5.11. The molecule has 2 aromatic heterocycles. The maximum Gasteiger partial charge on any atom is 0.261 e. The second-order valence-corrected chi connectivity index (χ2v) is 4.19. The summed E-state index contributed by atoms with van der Waals surface area (Å²) >= 11 is 7.00. The van der Waals surface area contributed by atoms with E-state index in [4.69, 9.17) is 16.0 Å². The standard InChI is InChI=1S/C10H8ClNO2S/c11-9-4-3-7(14-9)6-12-10(13)8-2-1-5-15-8/h1-5H,6H2,(H,12,13). The molecule has 0 unspecified atom stereocenters. The van der Waals surface area contributed by atoms with Crippen LogP contribution in [0, 0.1) is 0 Å². The number of amides is 1. The fourth-order valence-electron chi connectivity index (χ4n) is 1.11. The number of carbonyl (C=O) groups excluding carboxylic acids is 1. The van der Waals surface area contributed by atoms with Crippen molar-refractivity contribution in [3.8, 4) is 0 Å². The van der Waals surface area contributed by atoms with Crippen LogP contribution in [0.5, 0.6) is 0 Å². The molecule has 0 saturated heterocycles. The Morgan fingerprint density at radius 2 is 2.33 bits per heavy atom. The molecule has 0 fully saturated rings. The largest absolute Gasteiger partial charge is 0.448 e. The van der Waals surface area contributed by atoms with Crippen LogP contribution in [-0.4, -0.2) is 5.91 Å². The Morgan fingerprint density at radius 3 is 2.93 bits per heavy atom. The van der Waals surface area contributed by atoms with Crippen molar-refractivity contribution < 1.29 is 9.21 Å². The van der Waals surface area contributed by atoms with E-state index < -0.39 is 0 Å². The van der Waals surface area contributed by atoms with Crippen molar-refractivity contribution in [1.82, 2.24) is 5.32 Å². The quantitative estimate of drug-likeness (QED) is 0.898. The molecule has 15 heavy (non-hydrogen) atoms. The number of hydrogen-bond donors (Lipinski definition) is 1. The lowest BCUT2D eigenvalue weighted by Crippen LogP contribution is -2.21. The molecule has 2 heterocycles. The summed E-state index contributed by atoms with van der Waals surface area (Å²) in [5.41, 5.74) is 0. The van der Waals surface area contributed by atoms with Gasteiger partial charge in [0.15, 0.2) is 5.22 Å². The fraction of sp³-hybridized carbons (Fsp3) is 0.100. The van der Waals surface area contributed by atoms with E-state index in [-0.39, 0.29) is 5.91 Å². The third-order valence-electron chi connectivity index (χ3n) is 1.80. The molecule has 0 saturated carbocycles. The number of rotatable bonds is 3. The third kappa shape index (κ3) is 2.61. The highest BCUT2D eigenvalue weighted by atomic mass is 35.5. The molecule has 2 aromatic rings. The monoisotopic (exact) mass is 241 g/mol. The molecule has 0 aliphatic carbocycles. The fourth-order valence-corrected chi connectivity index (χ4v) is 1.91. The smallest absolute Gasteiger partial charge is 0.261 e. The minimum atomic E-state index is -0.0995. The van der Waals surface area contributed by atoms with Crippen LogP contribution in [0.4, 0.5) is 0 Å². The molecular weight excluding hydrogens is 234 g/mol. The normalized spacial score (nSPS) is 10.2. The summed E-state index contributed by atoms with van der Waals surface area (Å²) in [4.78, 5) is 12.2. The van der Waals surface area contributed by atoms with Gasteiger partial charge in [0.1, 0.15) is 5.76 Å². The Bertz CT molecular complexity index is 450. The van der Waals surface area contributed by atoms with Gasteiger partial charge >= 0.3 is 0 Å². The first-order valence-corrected chi connectivity index (χ1v) is 5.57. The van der Waals surface area contributed by atoms with Gasteiger partial charge in [0.2, 0.25) is 0 Å². The summed E-state index contributed by atoms with van der Waals surface area (Å²) in [7, 11) is 0. The summed E-state index contributed by atoms with van der Waals surface area (Å²) in [5, 5.41) is 4.92. The van der Waals surface area contributed by atoms with E-state index in [9.17, 15) is 4.79 Å². The van der Waals surface area contributed by atoms with Crippen LogP contribution < -0.4 is 5.32 Å². The molecule has 0 aliphatic rings. The molecule has 0 radical (unpaired) electrons. The summed E-state index contributed by atoms with van der Waals surface area (Å²) in [6.07, 6.45) is 0. The minimum Gasteiger partial charge on any atom is -0.448 e. The highest BCUT2D eigenvalue weighted by molar-refractivity contribution is 7.12. The number of nitrogens with one attached hydrogen (secondary N) is 1. The van der Waals surface area contributed by atoms with Gasteiger partial charge < -0.3 is 9.73 Å². The van der Waals surface area contributed by atoms with Crippen molar-refractivity contribution in [2.24, 2.45) is 0 Å². The summed E-state index contributed by atoms with van der Waals surface area (Å²) in [5.74, 6) is 0.544. The van der Waals surface area contributed by atoms with E-state index in [1.807, 2.05) is 11.4 Å². The van der Waals surface area contributed by atoms with Crippen molar-refractivity contribution in [2.75, 3.05) is 0 Å². The van der Waals surface area contributed by atoms with Crippen LogP contribution in [0.2, 0.25) is 5.22 Å². The predicted molar refractivity (Wildman–Crippen MR) is 59.2 cm³/mol. The maximum atomic E-state index is 11.5. The van der Waals surface area contributed by atoms with E-state index in [1.54, 1.807) is 18.2 Å². The van der Waals surface area contributed by atoms with Gasteiger partial charge in [-0.25, -0.2) is 0 Å². The van der Waals surface area contributed by atoms with Gasteiger partial charge in [0.05, 0.1) is 11.4 Å². The zero-order chi connectivity index (χ0) is 10.7. The third-order valence-corrected chi connectivity index (χ3v) is 2.87. The maximum absolute atomic E-state index is 11.5. The molecular formula is C10H8ClNO2S. The molecule has 2 rings (SSSR count). The molecule has 1 N–H and O–H groups in total. The number of furan rings is 1. The van der Waals surface area contributed by atoms with Gasteiger partial charge in [-0.2, -0.15) is 0 Å². The van der Waals surface area contributed by atoms with Gasteiger partial charge in [0, 0.05) is 0 Å². The number of thiophene rings is 1. The predicted octanol–water partition coefficient (Wildman–Crippen LogP) is 2.92. The van der Waals surface area contributed by atoms with Crippen LogP contribution in [0.1, 0.15) is 15.4 Å². The number of carbonyl (C=O) groups is 1. The average molecular weight is 242 g/mol. The lowest BCUT2D eigenvalue weighted by Gasteiger charge is -1.99. The number of hydrogen-bond acceptors (Lipinski definition) is 3. The van der Waals surface area contributed by atoms with Crippen LogP contribution in [-0.2, 0) is 6.54 Å². The lowest BCUT2D eigenvalue weighted by molar-refractivity contribution is 0.0952. The van der Waals surface area contributed by atoms with E-state index in [1.165, 1.54) is 11.3 Å². The van der Waals surface area contributed by atoms with Crippen LogP contribution in [0.3, 0.4) is 0 Å². The first-order valence-electron chi connectivity index (χ1n) is 4.31. The molecule has 5 heteroatoms. The molecule has 0 spiro atoms. The molecule has 0 atom stereocenters. The van der Waals surface area contributed by atoms with E-state index in [0.29, 0.717) is 22.4 Å². The zero-order valence-corrected chi connectivity index (χ0v) is 9.27. The zero-order valence-electron chi connectivity index (χ0n) is 7.70. The van der Waals surface area contributed by atoms with Crippen molar-refractivity contribution in [3.63, 3.8) is 0 Å². The van der Waals surface area contributed by atoms with Gasteiger partial charge in [0.25, 0.3) is 5.91 Å². The second kappa shape index (κ2) is 4.51. The molecule has 1 amide bonds. The highest BCUT2D eigenvalue weighted by Gasteiger charge is 2.06. The van der Waals surface area contributed by atoms with Crippen LogP contribution in [0.25, 0.3) is 0 Å². The molecule has 78 valence electrons. The van der Waals surface area contributed by atoms with Gasteiger partial charge in [-0.15, -0.1) is 11.3 Å². The Kier molecular flexibility index (Phi) is 3.08. The average Bonchev–Trinajstić information content (AvgIpc) is 2.84. The van der Waals surface area contributed by atoms with Gasteiger partial charge in [-0.1, -0.05) is 6.07 Å². The van der Waals surface area contributed by atoms with Crippen molar-refractivity contribution in [1.29, 1.82) is 0 Å². The molecule has 0 aliphatic heterocycles. The highest BCUT2D eigenvalue weighted by Crippen LogP contribution is 2.13. The van der Waals surface area contributed by atoms with E-state index >= 15 is 0 Å². The van der Waals surface area contributed by atoms with E-state index in [0.717, 1.165) is 0 Å². The van der Waals surface area contributed by atoms with Gasteiger partial charge in [-0.3, -0.25) is 4.79 Å². The Balaban J connectivity index is 1.91. The van der Waals surface area contributed by atoms with Crippen molar-refractivity contribution in [2.45, 2.75) is 6.54 Å². The van der Waals surface area contributed by atoms with Gasteiger partial charge in [-0.05, 0) is 35.2 Å². The summed E-state index contributed by atoms with van der Waals surface area (Å²) in [6, 6.07) is 6.99. The number of halogens is 1. The topological polar surface area (TPSA) is 42.2 Å². The van der Waals surface area contributed by atoms with Crippen LogP contribution >= 0.6 is 22.9 Å². The van der Waals surface area contributed by atoms with Crippen LogP contribution in [0.15, 0.2) is 34.1 Å². The SMILES string of the molecule is O=C(NCc1ccc(Cl)o1)c1cccs1. The molecule has 0 bridgehead atoms. The first-order chi connectivity index (χ1) is 7.25. The molecule has 3 nitrogen and oxygen atoms in total. The molecule has 0 aromatic carbocycles. The lowest BCUT2D eigenvalue weighted by atomic mass is 10.4. The Labute approximate surface area is 95.7 Å². The summed E-state index contributed by atoms with van der Waals surface area (Å²) in [6.45, 7) is 0.351.